The number of likely N-dealkylation sites (N-methyl/N-ethyl adjacent to an activating group) is 1. The van der Waals surface area contributed by atoms with Gasteiger partial charge in [0.15, 0.2) is 5.96 Å². The first-order valence-corrected chi connectivity index (χ1v) is 11.0. The quantitative estimate of drug-likeness (QED) is 0.229. The molecule has 1 aromatic rings. The molecule has 1 saturated heterocycles. The highest BCUT2D eigenvalue weighted by Gasteiger charge is 2.18. The molecule has 0 amide bonds. The van der Waals surface area contributed by atoms with E-state index in [1.807, 2.05) is 0 Å². The second-order valence-corrected chi connectivity index (χ2v) is 8.33. The maximum Gasteiger partial charge on any atom is 0.191 e. The van der Waals surface area contributed by atoms with Gasteiger partial charge in [-0.3, -0.25) is 9.89 Å². The maximum absolute atomic E-state index is 4.82. The SMILES string of the molecule is CCNC(=NCC(C)N1CCN(C)CC1)NCCCc1ccc(C(C)C)cc1.I. The van der Waals surface area contributed by atoms with Crippen LogP contribution in [0.4, 0.5) is 0 Å². The zero-order chi connectivity index (χ0) is 20.4. The largest absolute Gasteiger partial charge is 0.357 e. The maximum atomic E-state index is 4.82. The van der Waals surface area contributed by atoms with E-state index in [1.165, 1.54) is 11.1 Å². The highest BCUT2D eigenvalue weighted by molar-refractivity contribution is 14.0. The standard InChI is InChI=1S/C23H41N5.HI/c1-6-24-23(26-18-20(4)28-16-14-27(5)15-17-28)25-13-7-8-21-9-11-22(12-10-21)19(2)3;/h9-12,19-20H,6-8,13-18H2,1-5H3,(H2,24,25,26);1H. The van der Waals surface area contributed by atoms with Crippen LogP contribution in [0.5, 0.6) is 0 Å². The summed E-state index contributed by atoms with van der Waals surface area (Å²) in [6.45, 7) is 16.2. The Balaban J connectivity index is 0.00000420. The second kappa shape index (κ2) is 14.2. The summed E-state index contributed by atoms with van der Waals surface area (Å²) in [5.41, 5.74) is 2.83. The van der Waals surface area contributed by atoms with Gasteiger partial charge in [0.1, 0.15) is 0 Å². The zero-order valence-corrected chi connectivity index (χ0v) is 21.4. The molecule has 1 fully saturated rings. The van der Waals surface area contributed by atoms with Gasteiger partial charge >= 0.3 is 0 Å². The van der Waals surface area contributed by atoms with E-state index < -0.39 is 0 Å². The van der Waals surface area contributed by atoms with Crippen LogP contribution in [0.25, 0.3) is 0 Å². The number of hydrogen-bond acceptors (Lipinski definition) is 3. The van der Waals surface area contributed by atoms with Crippen LogP contribution in [0.15, 0.2) is 29.3 Å². The van der Waals surface area contributed by atoms with Gasteiger partial charge in [0.25, 0.3) is 0 Å². The molecule has 1 aliphatic heterocycles. The van der Waals surface area contributed by atoms with Crippen molar-refractivity contribution >= 4 is 29.9 Å². The number of halogens is 1. The molecule has 0 aromatic heterocycles. The van der Waals surface area contributed by atoms with E-state index in [0.717, 1.165) is 64.6 Å². The molecule has 1 aliphatic rings. The predicted molar refractivity (Wildman–Crippen MR) is 137 cm³/mol. The lowest BCUT2D eigenvalue weighted by Gasteiger charge is -2.35. The summed E-state index contributed by atoms with van der Waals surface area (Å²) in [4.78, 5) is 9.77. The molecule has 1 heterocycles. The molecular formula is C23H42IN5. The number of benzene rings is 1. The van der Waals surface area contributed by atoms with Crippen molar-refractivity contribution < 1.29 is 0 Å². The number of nitrogens with zero attached hydrogens (tertiary/aromatic N) is 3. The molecule has 2 N–H and O–H groups in total. The van der Waals surface area contributed by atoms with Gasteiger partial charge in [0.2, 0.25) is 0 Å². The van der Waals surface area contributed by atoms with E-state index in [2.05, 4.69) is 79.4 Å². The smallest absolute Gasteiger partial charge is 0.191 e. The zero-order valence-electron chi connectivity index (χ0n) is 19.1. The average Bonchev–Trinajstić information content (AvgIpc) is 2.70. The Bertz CT molecular complexity index is 579. The first kappa shape index (κ1) is 26.2. The first-order chi connectivity index (χ1) is 13.5. The molecule has 0 saturated carbocycles. The Hall–Kier alpha value is -0.860. The van der Waals surface area contributed by atoms with Crippen LogP contribution in [-0.2, 0) is 6.42 Å². The van der Waals surface area contributed by atoms with Gasteiger partial charge in [-0.2, -0.15) is 0 Å². The van der Waals surface area contributed by atoms with Crippen molar-refractivity contribution in [3.63, 3.8) is 0 Å². The molecule has 2 rings (SSSR count). The van der Waals surface area contributed by atoms with E-state index in [-0.39, 0.29) is 24.0 Å². The Morgan fingerprint density at radius 2 is 1.69 bits per heavy atom. The Morgan fingerprint density at radius 1 is 1.03 bits per heavy atom. The number of guanidine groups is 1. The molecule has 0 bridgehead atoms. The molecular weight excluding hydrogens is 473 g/mol. The minimum absolute atomic E-state index is 0. The molecule has 0 radical (unpaired) electrons. The summed E-state index contributed by atoms with van der Waals surface area (Å²) >= 11 is 0. The Labute approximate surface area is 195 Å². The number of hydrogen-bond donors (Lipinski definition) is 2. The number of nitrogens with one attached hydrogen (secondary N) is 2. The fourth-order valence-electron chi connectivity index (χ4n) is 3.51. The lowest BCUT2D eigenvalue weighted by Crippen LogP contribution is -2.49. The van der Waals surface area contributed by atoms with Gasteiger partial charge in [0.05, 0.1) is 6.54 Å². The summed E-state index contributed by atoms with van der Waals surface area (Å²) in [5.74, 6) is 1.54. The van der Waals surface area contributed by atoms with Crippen molar-refractivity contribution in [3.8, 4) is 0 Å². The third-order valence-electron chi connectivity index (χ3n) is 5.60. The number of piperazine rings is 1. The molecule has 1 aromatic carbocycles. The first-order valence-electron chi connectivity index (χ1n) is 11.0. The highest BCUT2D eigenvalue weighted by Crippen LogP contribution is 2.15. The predicted octanol–water partition coefficient (Wildman–Crippen LogP) is 3.55. The normalized spacial score (nSPS) is 17.1. The second-order valence-electron chi connectivity index (χ2n) is 8.33. The molecule has 0 spiro atoms. The van der Waals surface area contributed by atoms with Gasteiger partial charge in [-0.15, -0.1) is 24.0 Å². The van der Waals surface area contributed by atoms with Gasteiger partial charge in [-0.1, -0.05) is 38.1 Å². The van der Waals surface area contributed by atoms with Gasteiger partial charge < -0.3 is 15.5 Å². The van der Waals surface area contributed by atoms with E-state index in [0.29, 0.717) is 12.0 Å². The van der Waals surface area contributed by atoms with Crippen LogP contribution >= 0.6 is 24.0 Å². The van der Waals surface area contributed by atoms with E-state index >= 15 is 0 Å². The Morgan fingerprint density at radius 3 is 2.28 bits per heavy atom. The summed E-state index contributed by atoms with van der Waals surface area (Å²) in [6.07, 6.45) is 2.21. The van der Waals surface area contributed by atoms with Crippen molar-refractivity contribution in [2.24, 2.45) is 4.99 Å². The van der Waals surface area contributed by atoms with Crippen LogP contribution in [0.3, 0.4) is 0 Å². The fraction of sp³-hybridized carbons (Fsp3) is 0.696. The monoisotopic (exact) mass is 515 g/mol. The van der Waals surface area contributed by atoms with Crippen LogP contribution in [-0.4, -0.2) is 74.7 Å². The van der Waals surface area contributed by atoms with Crippen molar-refractivity contribution in [2.45, 2.75) is 52.5 Å². The van der Waals surface area contributed by atoms with Gasteiger partial charge in [-0.05, 0) is 50.8 Å². The summed E-state index contributed by atoms with van der Waals surface area (Å²) in [6, 6.07) is 9.56. The van der Waals surface area contributed by atoms with Crippen LogP contribution in [0.2, 0.25) is 0 Å². The van der Waals surface area contributed by atoms with Crippen molar-refractivity contribution in [1.29, 1.82) is 0 Å². The number of aliphatic imine (C=N–C) groups is 1. The molecule has 29 heavy (non-hydrogen) atoms. The van der Waals surface area contributed by atoms with Crippen LogP contribution < -0.4 is 10.6 Å². The molecule has 0 aliphatic carbocycles. The lowest BCUT2D eigenvalue weighted by atomic mass is 10.0. The van der Waals surface area contributed by atoms with Crippen LogP contribution in [0, 0.1) is 0 Å². The summed E-state index contributed by atoms with van der Waals surface area (Å²) in [7, 11) is 2.20. The van der Waals surface area contributed by atoms with Crippen LogP contribution in [0.1, 0.15) is 51.2 Å². The van der Waals surface area contributed by atoms with E-state index in [9.17, 15) is 0 Å². The molecule has 6 heteroatoms. The third kappa shape index (κ3) is 9.66. The van der Waals surface area contributed by atoms with E-state index in [4.69, 9.17) is 4.99 Å². The lowest BCUT2D eigenvalue weighted by molar-refractivity contribution is 0.122. The van der Waals surface area contributed by atoms with E-state index in [1.54, 1.807) is 0 Å². The molecule has 1 atom stereocenters. The number of rotatable bonds is 9. The Kier molecular flexibility index (Phi) is 12.8. The highest BCUT2D eigenvalue weighted by atomic mass is 127. The summed E-state index contributed by atoms with van der Waals surface area (Å²) in [5, 5.41) is 6.88. The van der Waals surface area contributed by atoms with Crippen molar-refractivity contribution in [1.82, 2.24) is 20.4 Å². The summed E-state index contributed by atoms with van der Waals surface area (Å²) < 4.78 is 0. The molecule has 5 nitrogen and oxygen atoms in total. The van der Waals surface area contributed by atoms with Gasteiger partial charge in [0, 0.05) is 45.3 Å². The fourth-order valence-corrected chi connectivity index (χ4v) is 3.51. The topological polar surface area (TPSA) is 42.9 Å². The van der Waals surface area contributed by atoms with Crippen molar-refractivity contribution in [2.75, 3.05) is 52.9 Å². The molecule has 1 unspecified atom stereocenters. The third-order valence-corrected chi connectivity index (χ3v) is 5.60. The minimum atomic E-state index is 0. The van der Waals surface area contributed by atoms with Crippen molar-refractivity contribution in [3.05, 3.63) is 35.4 Å². The average molecular weight is 516 g/mol. The van der Waals surface area contributed by atoms with Gasteiger partial charge in [-0.25, -0.2) is 0 Å². The minimum Gasteiger partial charge on any atom is -0.357 e. The molecule has 166 valence electrons. The number of aryl methyl sites for hydroxylation is 1.